The summed E-state index contributed by atoms with van der Waals surface area (Å²) in [7, 11) is 3.77. The number of anilines is 1. The summed E-state index contributed by atoms with van der Waals surface area (Å²) >= 11 is 0. The Bertz CT molecular complexity index is 502. The zero-order valence-electron chi connectivity index (χ0n) is 11.9. The molecule has 0 aromatic heterocycles. The van der Waals surface area contributed by atoms with Crippen LogP contribution in [-0.2, 0) is 4.79 Å². The van der Waals surface area contributed by atoms with E-state index in [4.69, 9.17) is 5.11 Å². The highest BCUT2D eigenvalue weighted by Gasteiger charge is 2.16. The van der Waals surface area contributed by atoms with Crippen molar-refractivity contribution in [3.63, 3.8) is 0 Å². The van der Waals surface area contributed by atoms with Crippen molar-refractivity contribution in [3.05, 3.63) is 33.9 Å². The van der Waals surface area contributed by atoms with E-state index in [2.05, 4.69) is 0 Å². The van der Waals surface area contributed by atoms with E-state index in [1.54, 1.807) is 24.0 Å². The monoisotopic (exact) mass is 281 g/mol. The van der Waals surface area contributed by atoms with Crippen LogP contribution in [0, 0.1) is 17.0 Å². The molecule has 0 spiro atoms. The fourth-order valence-electron chi connectivity index (χ4n) is 1.77. The minimum atomic E-state index is -0.966. The van der Waals surface area contributed by atoms with E-state index in [1.165, 1.54) is 6.07 Å². The summed E-state index contributed by atoms with van der Waals surface area (Å²) in [5.74, 6) is -0.966. The Morgan fingerprint density at radius 1 is 1.35 bits per heavy atom. The first-order chi connectivity index (χ1) is 9.31. The van der Waals surface area contributed by atoms with Crippen LogP contribution in [0.2, 0.25) is 0 Å². The molecule has 110 valence electrons. The molecule has 1 aromatic carbocycles. The Hall–Kier alpha value is -2.15. The molecule has 1 aromatic rings. The van der Waals surface area contributed by atoms with Gasteiger partial charge in [-0.3, -0.25) is 14.9 Å². The molecule has 1 rings (SSSR count). The third-order valence-electron chi connectivity index (χ3n) is 2.90. The minimum Gasteiger partial charge on any atom is -0.480 e. The van der Waals surface area contributed by atoms with Gasteiger partial charge in [0.05, 0.1) is 4.92 Å². The number of rotatable bonds is 7. The number of hydrogen-bond donors (Lipinski definition) is 1. The van der Waals surface area contributed by atoms with E-state index in [0.717, 1.165) is 0 Å². The number of likely N-dealkylation sites (N-methyl/N-ethyl adjacent to an activating group) is 1. The van der Waals surface area contributed by atoms with Crippen molar-refractivity contribution in [1.82, 2.24) is 4.90 Å². The average molecular weight is 281 g/mol. The van der Waals surface area contributed by atoms with Crippen molar-refractivity contribution in [2.45, 2.75) is 6.92 Å². The number of nitro groups is 1. The molecule has 0 bridgehead atoms. The van der Waals surface area contributed by atoms with Gasteiger partial charge in [0.25, 0.3) is 5.69 Å². The second kappa shape index (κ2) is 6.85. The second-order valence-electron chi connectivity index (χ2n) is 4.85. The lowest BCUT2D eigenvalue weighted by Crippen LogP contribution is -2.35. The van der Waals surface area contributed by atoms with Crippen LogP contribution >= 0.6 is 0 Å². The van der Waals surface area contributed by atoms with Crippen molar-refractivity contribution in [2.75, 3.05) is 38.6 Å². The Labute approximate surface area is 117 Å². The lowest BCUT2D eigenvalue weighted by molar-refractivity contribution is -0.385. The van der Waals surface area contributed by atoms with E-state index in [9.17, 15) is 14.9 Å². The molecule has 0 atom stereocenters. The highest BCUT2D eigenvalue weighted by molar-refractivity contribution is 5.74. The van der Waals surface area contributed by atoms with E-state index in [0.29, 0.717) is 24.3 Å². The average Bonchev–Trinajstić information content (AvgIpc) is 2.34. The smallest absolute Gasteiger partial charge is 0.323 e. The zero-order valence-corrected chi connectivity index (χ0v) is 11.9. The number of carboxylic acids is 1. The summed E-state index contributed by atoms with van der Waals surface area (Å²) < 4.78 is 0. The van der Waals surface area contributed by atoms with Crippen molar-refractivity contribution < 1.29 is 14.8 Å². The maximum absolute atomic E-state index is 10.9. The number of nitro benzene ring substituents is 1. The number of hydrogen-bond acceptors (Lipinski definition) is 5. The lowest BCUT2D eigenvalue weighted by Gasteiger charge is -2.24. The number of carboxylic acid groups (broad SMARTS) is 1. The molecule has 0 aliphatic heterocycles. The summed E-state index contributed by atoms with van der Waals surface area (Å²) in [6.07, 6.45) is 0. The summed E-state index contributed by atoms with van der Waals surface area (Å²) in [6, 6.07) is 4.77. The number of aliphatic carboxylic acids is 1. The maximum Gasteiger partial charge on any atom is 0.323 e. The maximum atomic E-state index is 10.9. The summed E-state index contributed by atoms with van der Waals surface area (Å²) in [4.78, 5) is 25.0. The van der Waals surface area contributed by atoms with E-state index in [1.807, 2.05) is 19.0 Å². The summed E-state index contributed by atoms with van der Waals surface area (Å²) in [5.41, 5.74) is 1.11. The Kier molecular flexibility index (Phi) is 5.45. The molecular formula is C13H19N3O4. The molecule has 0 saturated heterocycles. The fourth-order valence-corrected chi connectivity index (χ4v) is 1.77. The van der Waals surface area contributed by atoms with Gasteiger partial charge in [-0.2, -0.15) is 0 Å². The van der Waals surface area contributed by atoms with Gasteiger partial charge in [-0.25, -0.2) is 0 Å². The van der Waals surface area contributed by atoms with Crippen molar-refractivity contribution in [2.24, 2.45) is 0 Å². The minimum absolute atomic E-state index is 0.00254. The molecule has 0 saturated carbocycles. The predicted molar refractivity (Wildman–Crippen MR) is 76.2 cm³/mol. The van der Waals surface area contributed by atoms with Crippen LogP contribution < -0.4 is 4.90 Å². The molecule has 0 unspecified atom stereocenters. The van der Waals surface area contributed by atoms with Crippen LogP contribution in [0.4, 0.5) is 11.4 Å². The number of carbonyl (C=O) groups is 1. The van der Waals surface area contributed by atoms with Gasteiger partial charge >= 0.3 is 5.97 Å². The van der Waals surface area contributed by atoms with Crippen LogP contribution in [-0.4, -0.2) is 54.6 Å². The second-order valence-corrected chi connectivity index (χ2v) is 4.85. The third-order valence-corrected chi connectivity index (χ3v) is 2.90. The molecule has 7 nitrogen and oxygen atoms in total. The Morgan fingerprint density at radius 3 is 2.50 bits per heavy atom. The largest absolute Gasteiger partial charge is 0.480 e. The van der Waals surface area contributed by atoms with Crippen LogP contribution in [0.5, 0.6) is 0 Å². The molecule has 0 aliphatic rings. The van der Waals surface area contributed by atoms with Gasteiger partial charge in [0.1, 0.15) is 6.54 Å². The zero-order chi connectivity index (χ0) is 15.3. The summed E-state index contributed by atoms with van der Waals surface area (Å²) in [6.45, 7) is 2.62. The standard InChI is InChI=1S/C13H19N3O4/c1-10-4-5-11(8-12(10)16(19)20)15(9-13(17)18)7-6-14(2)3/h4-5,8H,6-7,9H2,1-3H3,(H,17,18). The molecule has 7 heteroatoms. The van der Waals surface area contributed by atoms with Gasteiger partial charge in [-0.1, -0.05) is 6.07 Å². The van der Waals surface area contributed by atoms with Crippen LogP contribution in [0.1, 0.15) is 5.56 Å². The summed E-state index contributed by atoms with van der Waals surface area (Å²) in [5, 5.41) is 19.9. The van der Waals surface area contributed by atoms with Gasteiger partial charge in [0.2, 0.25) is 0 Å². The molecule has 0 fully saturated rings. The molecular weight excluding hydrogens is 262 g/mol. The van der Waals surface area contributed by atoms with Crippen LogP contribution in [0.25, 0.3) is 0 Å². The molecule has 0 radical (unpaired) electrons. The number of aryl methyl sites for hydroxylation is 1. The normalized spacial score (nSPS) is 10.6. The first-order valence-electron chi connectivity index (χ1n) is 6.17. The first-order valence-corrected chi connectivity index (χ1v) is 6.17. The van der Waals surface area contributed by atoms with Gasteiger partial charge < -0.3 is 14.9 Å². The van der Waals surface area contributed by atoms with Crippen LogP contribution in [0.3, 0.4) is 0 Å². The quantitative estimate of drug-likeness (QED) is 0.599. The third kappa shape index (κ3) is 4.51. The Balaban J connectivity index is 3.03. The predicted octanol–water partition coefficient (Wildman–Crippen LogP) is 1.36. The van der Waals surface area contributed by atoms with Gasteiger partial charge in [0.15, 0.2) is 0 Å². The molecule has 20 heavy (non-hydrogen) atoms. The molecule has 0 amide bonds. The Morgan fingerprint density at radius 2 is 2.00 bits per heavy atom. The molecule has 0 heterocycles. The van der Waals surface area contributed by atoms with Gasteiger partial charge in [0, 0.05) is 30.4 Å². The van der Waals surface area contributed by atoms with E-state index >= 15 is 0 Å². The van der Waals surface area contributed by atoms with E-state index in [-0.39, 0.29) is 12.2 Å². The first kappa shape index (κ1) is 15.9. The highest BCUT2D eigenvalue weighted by Crippen LogP contribution is 2.24. The molecule has 0 aliphatic carbocycles. The highest BCUT2D eigenvalue weighted by atomic mass is 16.6. The van der Waals surface area contributed by atoms with E-state index < -0.39 is 10.9 Å². The fraction of sp³-hybridized carbons (Fsp3) is 0.462. The van der Waals surface area contributed by atoms with Crippen molar-refractivity contribution in [3.8, 4) is 0 Å². The van der Waals surface area contributed by atoms with Crippen molar-refractivity contribution in [1.29, 1.82) is 0 Å². The molecule has 1 N–H and O–H groups in total. The topological polar surface area (TPSA) is 86.9 Å². The van der Waals surface area contributed by atoms with Crippen molar-refractivity contribution >= 4 is 17.3 Å². The van der Waals surface area contributed by atoms with Gasteiger partial charge in [-0.05, 0) is 27.1 Å². The number of nitrogens with zero attached hydrogens (tertiary/aromatic N) is 3. The van der Waals surface area contributed by atoms with Crippen LogP contribution in [0.15, 0.2) is 18.2 Å². The lowest BCUT2D eigenvalue weighted by atomic mass is 10.1. The number of benzene rings is 1. The van der Waals surface area contributed by atoms with Gasteiger partial charge in [-0.15, -0.1) is 0 Å². The SMILES string of the molecule is Cc1ccc(N(CCN(C)C)CC(=O)O)cc1[N+](=O)[O-].